The summed E-state index contributed by atoms with van der Waals surface area (Å²) < 4.78 is 23.4. The van der Waals surface area contributed by atoms with Crippen LogP contribution in [0.1, 0.15) is 26.7 Å². The molecule has 3 nitrogen and oxygen atoms in total. The maximum absolute atomic E-state index is 11.1. The molecule has 0 N–H and O–H groups in total. The number of rotatable bonds is 5. The summed E-state index contributed by atoms with van der Waals surface area (Å²) in [6.07, 6.45) is 1.89. The van der Waals surface area contributed by atoms with E-state index in [1.54, 1.807) is 6.92 Å². The third kappa shape index (κ3) is 4.08. The average molecular weight is 244 g/mol. The molecule has 0 saturated carbocycles. The fourth-order valence-corrected chi connectivity index (χ4v) is 2.11. The first kappa shape index (κ1) is 11.4. The van der Waals surface area contributed by atoms with E-state index in [1.807, 2.05) is 6.92 Å². The zero-order valence-electron chi connectivity index (χ0n) is 6.88. The molecule has 0 aromatic carbocycles. The van der Waals surface area contributed by atoms with E-state index in [0.29, 0.717) is 6.54 Å². The summed E-state index contributed by atoms with van der Waals surface area (Å²) in [5.74, 6) is 0.155. The molecule has 0 aliphatic heterocycles. The Morgan fingerprint density at radius 2 is 1.91 bits per heavy atom. The normalized spacial score (nSPS) is 12.4. The quantitative estimate of drug-likeness (QED) is 0.691. The van der Waals surface area contributed by atoms with E-state index in [1.165, 1.54) is 3.33 Å². The lowest BCUT2D eigenvalue weighted by Crippen LogP contribution is -2.23. The predicted octanol–water partition coefficient (Wildman–Crippen LogP) is 1.75. The van der Waals surface area contributed by atoms with Gasteiger partial charge in [0.2, 0.25) is 10.0 Å². The molecule has 11 heavy (non-hydrogen) atoms. The Labute approximate surface area is 77.2 Å². The van der Waals surface area contributed by atoms with Crippen molar-refractivity contribution in [1.29, 1.82) is 0 Å². The van der Waals surface area contributed by atoms with Crippen LogP contribution in [-0.4, -0.2) is 24.0 Å². The van der Waals surface area contributed by atoms with Crippen LogP contribution in [0.25, 0.3) is 0 Å². The van der Waals surface area contributed by atoms with Gasteiger partial charge < -0.3 is 0 Å². The molecule has 0 aliphatic rings. The molecule has 0 fully saturated rings. The lowest BCUT2D eigenvalue weighted by molar-refractivity contribution is 0.539. The van der Waals surface area contributed by atoms with Crippen molar-refractivity contribution in [2.75, 3.05) is 12.3 Å². The minimum atomic E-state index is -3.02. The van der Waals surface area contributed by atoms with Gasteiger partial charge in [0.1, 0.15) is 0 Å². The number of hydrogen-bond acceptors (Lipinski definition) is 2. The van der Waals surface area contributed by atoms with E-state index in [-0.39, 0.29) is 5.75 Å². The molecule has 0 aromatic rings. The van der Waals surface area contributed by atoms with E-state index in [4.69, 9.17) is 0 Å². The van der Waals surface area contributed by atoms with Gasteiger partial charge in [-0.05, 0) is 13.3 Å². The molecular weight excluding hydrogens is 230 g/mol. The van der Waals surface area contributed by atoms with Gasteiger partial charge in [-0.2, -0.15) is 0 Å². The Bertz CT molecular complexity index is 191. The molecule has 0 radical (unpaired) electrons. The standard InChI is InChI=1S/C6H14BrNO2S/c1-3-5-6-8(7)11(9,10)4-2/h3-6H2,1-2H3. The first-order chi connectivity index (χ1) is 5.04. The highest BCUT2D eigenvalue weighted by molar-refractivity contribution is 9.08. The molecule has 0 unspecified atom stereocenters. The lowest BCUT2D eigenvalue weighted by Gasteiger charge is -2.11. The number of hydrogen-bond donors (Lipinski definition) is 0. The van der Waals surface area contributed by atoms with Crippen molar-refractivity contribution in [3.8, 4) is 0 Å². The van der Waals surface area contributed by atoms with Gasteiger partial charge in [0, 0.05) is 22.7 Å². The van der Waals surface area contributed by atoms with Crippen molar-refractivity contribution in [2.45, 2.75) is 26.7 Å². The summed E-state index contributed by atoms with van der Waals surface area (Å²) in [6, 6.07) is 0. The van der Waals surface area contributed by atoms with E-state index in [0.717, 1.165) is 12.8 Å². The van der Waals surface area contributed by atoms with Gasteiger partial charge in [-0.1, -0.05) is 13.3 Å². The Hall–Kier alpha value is 0.390. The van der Waals surface area contributed by atoms with Crippen LogP contribution in [-0.2, 0) is 10.0 Å². The highest BCUT2D eigenvalue weighted by Crippen LogP contribution is 2.09. The van der Waals surface area contributed by atoms with Gasteiger partial charge in [0.05, 0.1) is 5.75 Å². The number of sulfonamides is 1. The summed E-state index contributed by atoms with van der Waals surface area (Å²) in [5, 5.41) is 0. The van der Waals surface area contributed by atoms with E-state index >= 15 is 0 Å². The summed E-state index contributed by atoms with van der Waals surface area (Å²) in [4.78, 5) is 0. The van der Waals surface area contributed by atoms with Gasteiger partial charge in [-0.3, -0.25) is 0 Å². The summed E-state index contributed by atoms with van der Waals surface area (Å²) in [5.41, 5.74) is 0. The minimum absolute atomic E-state index is 0.155. The lowest BCUT2D eigenvalue weighted by atomic mass is 10.3. The summed E-state index contributed by atoms with van der Waals surface area (Å²) >= 11 is 3.01. The largest absolute Gasteiger partial charge is 0.223 e. The number of nitrogens with zero attached hydrogens (tertiary/aromatic N) is 1. The molecule has 0 amide bonds. The molecule has 0 bridgehead atoms. The second kappa shape index (κ2) is 5.11. The first-order valence-electron chi connectivity index (χ1n) is 3.70. The van der Waals surface area contributed by atoms with Crippen molar-refractivity contribution in [1.82, 2.24) is 3.33 Å². The molecule has 68 valence electrons. The molecule has 0 spiro atoms. The number of unbranched alkanes of at least 4 members (excludes halogenated alkanes) is 1. The van der Waals surface area contributed by atoms with Crippen LogP contribution in [0, 0.1) is 0 Å². The van der Waals surface area contributed by atoms with Crippen molar-refractivity contribution < 1.29 is 8.42 Å². The average Bonchev–Trinajstić information content (AvgIpc) is 2.00. The van der Waals surface area contributed by atoms with Crippen LogP contribution in [0.15, 0.2) is 0 Å². The highest BCUT2D eigenvalue weighted by Gasteiger charge is 2.15. The van der Waals surface area contributed by atoms with Crippen LogP contribution in [0.3, 0.4) is 0 Å². The second-order valence-corrected chi connectivity index (χ2v) is 5.77. The highest BCUT2D eigenvalue weighted by atomic mass is 79.9. The predicted molar refractivity (Wildman–Crippen MR) is 50.0 cm³/mol. The molecule has 0 rings (SSSR count). The smallest absolute Gasteiger partial charge is 0.211 e. The van der Waals surface area contributed by atoms with E-state index < -0.39 is 10.0 Å². The zero-order valence-corrected chi connectivity index (χ0v) is 9.28. The van der Waals surface area contributed by atoms with Crippen molar-refractivity contribution in [3.05, 3.63) is 0 Å². The van der Waals surface area contributed by atoms with Gasteiger partial charge in [0.25, 0.3) is 0 Å². The summed E-state index contributed by atoms with van der Waals surface area (Å²) in [6.45, 7) is 4.22. The maximum atomic E-state index is 11.1. The molecule has 0 aliphatic carbocycles. The van der Waals surface area contributed by atoms with Gasteiger partial charge in [-0.25, -0.2) is 8.42 Å². The van der Waals surface area contributed by atoms with Gasteiger partial charge >= 0.3 is 0 Å². The van der Waals surface area contributed by atoms with Crippen LogP contribution in [0.5, 0.6) is 0 Å². The molecule has 0 saturated heterocycles. The van der Waals surface area contributed by atoms with Gasteiger partial charge in [-0.15, -0.1) is 3.33 Å². The van der Waals surface area contributed by atoms with Crippen molar-refractivity contribution in [2.24, 2.45) is 0 Å². The third-order valence-electron chi connectivity index (χ3n) is 1.35. The van der Waals surface area contributed by atoms with Crippen molar-refractivity contribution >= 4 is 26.2 Å². The van der Waals surface area contributed by atoms with E-state index in [9.17, 15) is 8.42 Å². The minimum Gasteiger partial charge on any atom is -0.211 e. The Morgan fingerprint density at radius 3 is 2.27 bits per heavy atom. The monoisotopic (exact) mass is 243 g/mol. The Morgan fingerprint density at radius 1 is 1.36 bits per heavy atom. The van der Waals surface area contributed by atoms with Crippen molar-refractivity contribution in [3.63, 3.8) is 0 Å². The maximum Gasteiger partial charge on any atom is 0.223 e. The fraction of sp³-hybridized carbons (Fsp3) is 1.00. The van der Waals surface area contributed by atoms with Gasteiger partial charge in [0.15, 0.2) is 0 Å². The number of halogens is 1. The first-order valence-corrected chi connectivity index (χ1v) is 6.02. The SMILES string of the molecule is CCCCN(Br)S(=O)(=O)CC. The third-order valence-corrected chi connectivity index (χ3v) is 4.55. The second-order valence-electron chi connectivity index (χ2n) is 2.27. The van der Waals surface area contributed by atoms with Crippen LogP contribution in [0.4, 0.5) is 0 Å². The summed E-state index contributed by atoms with van der Waals surface area (Å²) in [7, 11) is -3.02. The topological polar surface area (TPSA) is 37.4 Å². The van der Waals surface area contributed by atoms with Crippen LogP contribution >= 0.6 is 16.1 Å². The molecule has 5 heteroatoms. The fourth-order valence-electron chi connectivity index (χ4n) is 0.562. The Balaban J connectivity index is 3.93. The molecule has 0 atom stereocenters. The van der Waals surface area contributed by atoms with Crippen LogP contribution < -0.4 is 0 Å². The molecule has 0 heterocycles. The zero-order chi connectivity index (χ0) is 8.91. The molecule has 0 aromatic heterocycles. The Kier molecular flexibility index (Phi) is 5.29. The molecular formula is C6H14BrNO2S. The van der Waals surface area contributed by atoms with E-state index in [2.05, 4.69) is 16.1 Å². The van der Waals surface area contributed by atoms with Crippen LogP contribution in [0.2, 0.25) is 0 Å².